The topological polar surface area (TPSA) is 35.9 Å². The van der Waals surface area contributed by atoms with Crippen molar-refractivity contribution >= 4 is 17.3 Å². The molecular weight excluding hydrogens is 324 g/mol. The normalized spacial score (nSPS) is 19.5. The highest BCUT2D eigenvalue weighted by Crippen LogP contribution is 2.21. The second kappa shape index (κ2) is 8.73. The predicted molar refractivity (Wildman–Crippen MR) is 99.6 cm³/mol. The van der Waals surface area contributed by atoms with Crippen LogP contribution < -0.4 is 4.90 Å². The number of hydrogen-bond acceptors (Lipinski definition) is 4. The fourth-order valence-corrected chi connectivity index (χ4v) is 2.92. The number of terminal acetylenes is 1. The largest absolute Gasteiger partial charge is 0.389 e. The maximum Gasteiger partial charge on any atom is 0.125 e. The number of anilines is 1. The second-order valence-corrected chi connectivity index (χ2v) is 6.90. The van der Waals surface area contributed by atoms with E-state index in [1.54, 1.807) is 0 Å². The average Bonchev–Trinajstić information content (AvgIpc) is 2.60. The first-order valence-electron chi connectivity index (χ1n) is 8.48. The Labute approximate surface area is 150 Å². The molecule has 0 unspecified atom stereocenters. The monoisotopic (exact) mass is 350 g/mol. The molecule has 2 atom stereocenters. The zero-order valence-electron chi connectivity index (χ0n) is 14.5. The van der Waals surface area contributed by atoms with Crippen LogP contribution in [-0.2, 0) is 4.74 Å². The van der Waals surface area contributed by atoms with Gasteiger partial charge in [-0.05, 0) is 31.5 Å². The minimum atomic E-state index is -0.591. The zero-order chi connectivity index (χ0) is 17.6. The predicted octanol–water partition coefficient (Wildman–Crippen LogP) is 2.64. The minimum absolute atomic E-state index is 0.267. The Hall–Kier alpha value is -1.25. The summed E-state index contributed by atoms with van der Waals surface area (Å²) in [7, 11) is 0. The van der Waals surface area contributed by atoms with Gasteiger partial charge in [-0.15, -0.1) is 6.42 Å². The molecular formula is C19H27ClN2O2. The minimum Gasteiger partial charge on any atom is -0.389 e. The summed E-state index contributed by atoms with van der Waals surface area (Å²) in [5.74, 6) is 2.65. The van der Waals surface area contributed by atoms with Crippen molar-refractivity contribution in [3.05, 3.63) is 29.3 Å². The van der Waals surface area contributed by atoms with E-state index in [9.17, 15) is 5.11 Å². The Bertz CT molecular complexity index is 567. The summed E-state index contributed by atoms with van der Waals surface area (Å²) in [4.78, 5) is 4.58. The number of ether oxygens (including phenoxy) is 1. The molecule has 0 bridgehead atoms. The smallest absolute Gasteiger partial charge is 0.125 e. The summed E-state index contributed by atoms with van der Waals surface area (Å²) in [6, 6.07) is 7.93. The van der Waals surface area contributed by atoms with Crippen LogP contribution in [0.15, 0.2) is 24.3 Å². The van der Waals surface area contributed by atoms with Gasteiger partial charge in [0.05, 0.1) is 12.7 Å². The van der Waals surface area contributed by atoms with Crippen LogP contribution in [0.25, 0.3) is 0 Å². The van der Waals surface area contributed by atoms with Gasteiger partial charge in [-0.1, -0.05) is 30.5 Å². The van der Waals surface area contributed by atoms with Crippen LogP contribution in [0, 0.1) is 12.3 Å². The zero-order valence-corrected chi connectivity index (χ0v) is 15.3. The van der Waals surface area contributed by atoms with Crippen LogP contribution in [0.1, 0.15) is 20.3 Å². The average molecular weight is 351 g/mol. The van der Waals surface area contributed by atoms with Crippen molar-refractivity contribution in [1.82, 2.24) is 4.90 Å². The summed E-state index contributed by atoms with van der Waals surface area (Å²) in [6.07, 6.45) is 5.69. The Morgan fingerprint density at radius 3 is 2.67 bits per heavy atom. The Morgan fingerprint density at radius 1 is 1.38 bits per heavy atom. The second-order valence-electron chi connectivity index (χ2n) is 6.46. The lowest BCUT2D eigenvalue weighted by Crippen LogP contribution is -2.49. The van der Waals surface area contributed by atoms with Gasteiger partial charge in [0.25, 0.3) is 0 Å². The first-order chi connectivity index (χ1) is 11.5. The van der Waals surface area contributed by atoms with Gasteiger partial charge in [0.15, 0.2) is 0 Å². The number of piperazine rings is 1. The molecule has 1 heterocycles. The number of rotatable bonds is 7. The van der Waals surface area contributed by atoms with E-state index in [1.807, 2.05) is 32.0 Å². The fourth-order valence-electron chi connectivity index (χ4n) is 2.74. The molecule has 1 aromatic carbocycles. The van der Waals surface area contributed by atoms with E-state index in [1.165, 1.54) is 0 Å². The molecule has 0 amide bonds. The van der Waals surface area contributed by atoms with Gasteiger partial charge in [-0.2, -0.15) is 0 Å². The summed E-state index contributed by atoms with van der Waals surface area (Å²) >= 11 is 6.06. The van der Waals surface area contributed by atoms with Crippen LogP contribution in [0.4, 0.5) is 5.69 Å². The van der Waals surface area contributed by atoms with Crippen LogP contribution >= 0.6 is 11.6 Å². The van der Waals surface area contributed by atoms with Crippen molar-refractivity contribution in [2.75, 3.05) is 44.2 Å². The number of nitrogens with zero attached hydrogens (tertiary/aromatic N) is 2. The van der Waals surface area contributed by atoms with Crippen LogP contribution in [0.5, 0.6) is 0 Å². The highest BCUT2D eigenvalue weighted by Gasteiger charge is 2.23. The molecule has 4 nitrogen and oxygen atoms in total. The molecule has 0 saturated carbocycles. The van der Waals surface area contributed by atoms with Crippen LogP contribution in [0.2, 0.25) is 5.02 Å². The summed E-state index contributed by atoms with van der Waals surface area (Å²) < 4.78 is 5.70. The van der Waals surface area contributed by atoms with E-state index in [4.69, 9.17) is 22.8 Å². The van der Waals surface area contributed by atoms with E-state index < -0.39 is 11.7 Å². The number of halogens is 1. The maximum atomic E-state index is 10.2. The maximum absolute atomic E-state index is 10.2. The molecule has 24 heavy (non-hydrogen) atoms. The van der Waals surface area contributed by atoms with Gasteiger partial charge in [0, 0.05) is 43.4 Å². The Balaban J connectivity index is 1.76. The third kappa shape index (κ3) is 5.39. The first-order valence-corrected chi connectivity index (χ1v) is 8.86. The molecule has 2 rings (SSSR count). The number of aliphatic hydroxyl groups is 1. The number of β-amino-alcohol motifs (C(OH)–C–C–N with tert-alkyl or cyclic N) is 1. The van der Waals surface area contributed by atoms with Gasteiger partial charge in [0.1, 0.15) is 5.60 Å². The quantitative estimate of drug-likeness (QED) is 0.767. The van der Waals surface area contributed by atoms with E-state index in [0.29, 0.717) is 6.54 Å². The van der Waals surface area contributed by atoms with E-state index in [2.05, 4.69) is 21.8 Å². The van der Waals surface area contributed by atoms with Crippen molar-refractivity contribution in [3.8, 4) is 12.3 Å². The van der Waals surface area contributed by atoms with Crippen molar-refractivity contribution < 1.29 is 9.84 Å². The van der Waals surface area contributed by atoms with Gasteiger partial charge >= 0.3 is 0 Å². The van der Waals surface area contributed by atoms with E-state index in [0.717, 1.165) is 43.3 Å². The molecule has 0 aromatic heterocycles. The highest BCUT2D eigenvalue weighted by molar-refractivity contribution is 6.30. The molecule has 1 saturated heterocycles. The molecule has 0 aliphatic carbocycles. The standard InChI is InChI=1S/C19H27ClN2O2/c1-4-19(3,5-2)24-15-18(23)14-21-9-11-22(12-10-21)17-8-6-7-16(20)13-17/h1,6-8,13,18,23H,5,9-12,14-15H2,2-3H3/t18-,19+/m0/s1. The van der Waals surface area contributed by atoms with Crippen molar-refractivity contribution in [2.45, 2.75) is 32.0 Å². The molecule has 132 valence electrons. The van der Waals surface area contributed by atoms with Crippen LogP contribution in [-0.4, -0.2) is 61.0 Å². The Kier molecular flexibility index (Phi) is 6.94. The number of hydrogen-bond donors (Lipinski definition) is 1. The van der Waals surface area contributed by atoms with Crippen LogP contribution in [0.3, 0.4) is 0 Å². The van der Waals surface area contributed by atoms with Crippen molar-refractivity contribution in [1.29, 1.82) is 0 Å². The van der Waals surface area contributed by atoms with Crippen molar-refractivity contribution in [2.24, 2.45) is 0 Å². The van der Waals surface area contributed by atoms with Crippen molar-refractivity contribution in [3.63, 3.8) is 0 Å². The lowest BCUT2D eigenvalue weighted by molar-refractivity contribution is -0.0473. The van der Waals surface area contributed by atoms with Gasteiger partial charge < -0.3 is 14.7 Å². The third-order valence-electron chi connectivity index (χ3n) is 4.59. The molecule has 1 N–H and O–H groups in total. The number of benzene rings is 1. The highest BCUT2D eigenvalue weighted by atomic mass is 35.5. The molecule has 1 aliphatic rings. The molecule has 0 spiro atoms. The van der Waals surface area contributed by atoms with Gasteiger partial charge in [0.2, 0.25) is 0 Å². The van der Waals surface area contributed by atoms with E-state index >= 15 is 0 Å². The molecule has 0 radical (unpaired) electrons. The first kappa shape index (κ1) is 19.1. The molecule has 1 fully saturated rings. The summed E-state index contributed by atoms with van der Waals surface area (Å²) in [5.41, 5.74) is 0.561. The van der Waals surface area contributed by atoms with E-state index in [-0.39, 0.29) is 6.61 Å². The third-order valence-corrected chi connectivity index (χ3v) is 4.82. The summed E-state index contributed by atoms with van der Waals surface area (Å²) in [5, 5.41) is 11.0. The molecule has 1 aromatic rings. The SMILES string of the molecule is C#C[C@](C)(CC)OC[C@@H](O)CN1CCN(c2cccc(Cl)c2)CC1. The number of aliphatic hydroxyl groups excluding tert-OH is 1. The fraction of sp³-hybridized carbons (Fsp3) is 0.579. The lowest BCUT2D eigenvalue weighted by Gasteiger charge is -2.37. The Morgan fingerprint density at radius 2 is 2.08 bits per heavy atom. The van der Waals surface area contributed by atoms with Gasteiger partial charge in [-0.3, -0.25) is 4.90 Å². The van der Waals surface area contributed by atoms with Gasteiger partial charge in [-0.25, -0.2) is 0 Å². The molecule has 5 heteroatoms. The molecule has 1 aliphatic heterocycles. The lowest BCUT2D eigenvalue weighted by atomic mass is 10.1. The summed E-state index contributed by atoms with van der Waals surface area (Å²) in [6.45, 7) is 8.39.